The number of hydrogen-bond acceptors (Lipinski definition) is 5. The lowest BCUT2D eigenvalue weighted by molar-refractivity contribution is -0.0960. The van der Waals surface area contributed by atoms with Gasteiger partial charge in [0.15, 0.2) is 5.78 Å². The number of ketones is 1. The van der Waals surface area contributed by atoms with Gasteiger partial charge in [-0.3, -0.25) is 14.7 Å². The van der Waals surface area contributed by atoms with Gasteiger partial charge in [0.25, 0.3) is 0 Å². The fourth-order valence-corrected chi connectivity index (χ4v) is 4.94. The van der Waals surface area contributed by atoms with Gasteiger partial charge in [-0.25, -0.2) is 0 Å². The Bertz CT molecular complexity index is 854. The smallest absolute Gasteiger partial charge is 0.187 e. The molecule has 1 atom stereocenters. The average molecular weight is 453 g/mol. The lowest BCUT2D eigenvalue weighted by Crippen LogP contribution is -2.46. The number of Topliss-reactive ketones (excluding diaryl/α,β-unsaturated/α-hetero) is 1. The molecular formula is C28H40N2O3. The minimum Gasteiger partial charge on any atom is -0.377 e. The van der Waals surface area contributed by atoms with Crippen molar-refractivity contribution in [3.8, 4) is 0 Å². The summed E-state index contributed by atoms with van der Waals surface area (Å²) >= 11 is 0. The van der Waals surface area contributed by atoms with Gasteiger partial charge in [-0.15, -0.1) is 0 Å². The summed E-state index contributed by atoms with van der Waals surface area (Å²) in [5.41, 5.74) is 1.13. The maximum atomic E-state index is 13.7. The van der Waals surface area contributed by atoms with Crippen LogP contribution in [-0.4, -0.2) is 53.7 Å². The molecule has 1 unspecified atom stereocenters. The Kier molecular flexibility index (Phi) is 9.19. The molecule has 3 rings (SSSR count). The Morgan fingerprint density at radius 1 is 1.12 bits per heavy atom. The summed E-state index contributed by atoms with van der Waals surface area (Å²) in [7, 11) is 0. The van der Waals surface area contributed by atoms with Crippen LogP contribution in [0.5, 0.6) is 0 Å². The second-order valence-electron chi connectivity index (χ2n) is 10.1. The molecule has 180 valence electrons. The van der Waals surface area contributed by atoms with Gasteiger partial charge in [0.2, 0.25) is 0 Å². The molecule has 0 N–H and O–H groups in total. The van der Waals surface area contributed by atoms with E-state index in [1.165, 1.54) is 5.56 Å². The summed E-state index contributed by atoms with van der Waals surface area (Å²) < 4.78 is 11.8. The molecular weight excluding hydrogens is 412 g/mol. The van der Waals surface area contributed by atoms with Crippen molar-refractivity contribution in [2.45, 2.75) is 71.6 Å². The summed E-state index contributed by atoms with van der Waals surface area (Å²) in [4.78, 5) is 20.5. The number of hydrogen-bond donors (Lipinski definition) is 0. The third kappa shape index (κ3) is 7.73. The van der Waals surface area contributed by atoms with E-state index in [4.69, 9.17) is 9.47 Å². The highest BCUT2D eigenvalue weighted by Crippen LogP contribution is 2.44. The Hall–Kier alpha value is -2.08. The first kappa shape index (κ1) is 25.5. The molecule has 1 saturated heterocycles. The van der Waals surface area contributed by atoms with E-state index < -0.39 is 5.41 Å². The number of nitrogens with zero attached hydrogens (tertiary/aromatic N) is 2. The fourth-order valence-electron chi connectivity index (χ4n) is 4.94. The monoisotopic (exact) mass is 452 g/mol. The van der Waals surface area contributed by atoms with Crippen molar-refractivity contribution in [2.24, 2.45) is 5.41 Å². The van der Waals surface area contributed by atoms with Crippen molar-refractivity contribution < 1.29 is 14.3 Å². The first-order valence-electron chi connectivity index (χ1n) is 12.3. The molecule has 1 aromatic heterocycles. The second-order valence-corrected chi connectivity index (χ2v) is 10.1. The third-order valence-corrected chi connectivity index (χ3v) is 6.45. The van der Waals surface area contributed by atoms with Gasteiger partial charge in [-0.2, -0.15) is 0 Å². The van der Waals surface area contributed by atoms with Crippen LogP contribution in [0.25, 0.3) is 0 Å². The molecule has 0 spiro atoms. The van der Waals surface area contributed by atoms with Crippen LogP contribution < -0.4 is 0 Å². The van der Waals surface area contributed by atoms with Crippen molar-refractivity contribution in [2.75, 3.05) is 26.3 Å². The standard InChI is InChI=1S/C28H40N2O3/c1-23(2)32-20-18-30(21-24-11-6-5-7-12-24)17-10-14-28(15-19-33-27(3,4)22-28)26(31)25-13-8-9-16-29-25/h5-9,11-13,16,23H,10,14-15,17-22H2,1-4H3. The predicted octanol–water partition coefficient (Wildman–Crippen LogP) is 5.55. The Balaban J connectivity index is 1.69. The maximum absolute atomic E-state index is 13.7. The predicted molar refractivity (Wildman–Crippen MR) is 132 cm³/mol. The zero-order chi connectivity index (χ0) is 23.7. The van der Waals surface area contributed by atoms with Crippen molar-refractivity contribution in [3.05, 3.63) is 66.0 Å². The fraction of sp³-hybridized carbons (Fsp3) is 0.571. The highest BCUT2D eigenvalue weighted by Gasteiger charge is 2.46. The van der Waals surface area contributed by atoms with Crippen molar-refractivity contribution in [1.29, 1.82) is 0 Å². The topological polar surface area (TPSA) is 51.7 Å². The van der Waals surface area contributed by atoms with E-state index in [0.717, 1.165) is 45.3 Å². The van der Waals surface area contributed by atoms with E-state index >= 15 is 0 Å². The molecule has 2 aromatic rings. The number of rotatable bonds is 12. The Labute approximate surface area is 199 Å². The molecule has 1 fully saturated rings. The van der Waals surface area contributed by atoms with Crippen LogP contribution >= 0.6 is 0 Å². The molecule has 0 saturated carbocycles. The lowest BCUT2D eigenvalue weighted by Gasteiger charge is -2.44. The number of ether oxygens (including phenoxy) is 2. The van der Waals surface area contributed by atoms with Crippen LogP contribution in [0, 0.1) is 5.41 Å². The van der Waals surface area contributed by atoms with Crippen LogP contribution in [0.2, 0.25) is 0 Å². The lowest BCUT2D eigenvalue weighted by atomic mass is 9.67. The van der Waals surface area contributed by atoms with E-state index in [2.05, 4.69) is 67.9 Å². The summed E-state index contributed by atoms with van der Waals surface area (Å²) in [5, 5.41) is 0. The largest absolute Gasteiger partial charge is 0.377 e. The quantitative estimate of drug-likeness (QED) is 0.395. The number of benzene rings is 1. The van der Waals surface area contributed by atoms with E-state index in [0.29, 0.717) is 18.9 Å². The van der Waals surface area contributed by atoms with Crippen LogP contribution in [0.1, 0.15) is 69.4 Å². The highest BCUT2D eigenvalue weighted by atomic mass is 16.5. The summed E-state index contributed by atoms with van der Waals surface area (Å²) in [5.74, 6) is 0.164. The van der Waals surface area contributed by atoms with Crippen molar-refractivity contribution >= 4 is 5.78 Å². The van der Waals surface area contributed by atoms with Gasteiger partial charge in [0.05, 0.1) is 18.3 Å². The maximum Gasteiger partial charge on any atom is 0.187 e. The summed E-state index contributed by atoms with van der Waals surface area (Å²) in [6.07, 6.45) is 5.20. The number of carbonyl (C=O) groups excluding carboxylic acids is 1. The van der Waals surface area contributed by atoms with Gasteiger partial charge in [0, 0.05) is 31.3 Å². The van der Waals surface area contributed by atoms with Crippen molar-refractivity contribution in [1.82, 2.24) is 9.88 Å². The number of pyridine rings is 1. The van der Waals surface area contributed by atoms with E-state index in [1.807, 2.05) is 18.2 Å². The van der Waals surface area contributed by atoms with Gasteiger partial charge in [-0.1, -0.05) is 36.4 Å². The first-order chi connectivity index (χ1) is 15.8. The van der Waals surface area contributed by atoms with Crippen LogP contribution in [0.3, 0.4) is 0 Å². The minimum atomic E-state index is -0.428. The zero-order valence-electron chi connectivity index (χ0n) is 20.8. The molecule has 5 heteroatoms. The molecule has 1 aromatic carbocycles. The molecule has 0 bridgehead atoms. The summed E-state index contributed by atoms with van der Waals surface area (Å²) in [6, 6.07) is 16.2. The first-order valence-corrected chi connectivity index (χ1v) is 12.3. The molecule has 0 aliphatic carbocycles. The van der Waals surface area contributed by atoms with Crippen LogP contribution in [0.4, 0.5) is 0 Å². The molecule has 1 aliphatic heterocycles. The third-order valence-electron chi connectivity index (χ3n) is 6.45. The van der Waals surface area contributed by atoms with Crippen LogP contribution in [0.15, 0.2) is 54.7 Å². The number of carbonyl (C=O) groups is 1. The average Bonchev–Trinajstić information content (AvgIpc) is 2.79. The van der Waals surface area contributed by atoms with Gasteiger partial charge < -0.3 is 9.47 Å². The molecule has 5 nitrogen and oxygen atoms in total. The van der Waals surface area contributed by atoms with E-state index in [9.17, 15) is 4.79 Å². The minimum absolute atomic E-state index is 0.164. The zero-order valence-corrected chi connectivity index (χ0v) is 20.8. The SMILES string of the molecule is CC(C)OCCN(CCCC1(C(=O)c2ccccn2)CCOC(C)(C)C1)Cc1ccccc1. The molecule has 0 radical (unpaired) electrons. The van der Waals surface area contributed by atoms with Crippen molar-refractivity contribution in [3.63, 3.8) is 0 Å². The highest BCUT2D eigenvalue weighted by molar-refractivity contribution is 5.99. The second kappa shape index (κ2) is 11.9. The molecule has 0 amide bonds. The molecule has 2 heterocycles. The molecule has 33 heavy (non-hydrogen) atoms. The Morgan fingerprint density at radius 2 is 1.88 bits per heavy atom. The number of aromatic nitrogens is 1. The van der Waals surface area contributed by atoms with E-state index in [-0.39, 0.29) is 17.5 Å². The van der Waals surface area contributed by atoms with Gasteiger partial charge in [0.1, 0.15) is 5.69 Å². The van der Waals surface area contributed by atoms with Gasteiger partial charge in [-0.05, 0) is 77.6 Å². The van der Waals surface area contributed by atoms with E-state index in [1.54, 1.807) is 6.20 Å². The normalized spacial score (nSPS) is 20.3. The van der Waals surface area contributed by atoms with Crippen LogP contribution in [-0.2, 0) is 16.0 Å². The molecule has 1 aliphatic rings. The van der Waals surface area contributed by atoms with Gasteiger partial charge >= 0.3 is 0 Å². The summed E-state index contributed by atoms with van der Waals surface area (Å²) in [6.45, 7) is 12.3. The Morgan fingerprint density at radius 3 is 2.55 bits per heavy atom.